The molecule has 0 aliphatic rings. The van der Waals surface area contributed by atoms with E-state index in [1.807, 2.05) is 36.4 Å². The van der Waals surface area contributed by atoms with Crippen LogP contribution in [-0.2, 0) is 6.42 Å². The summed E-state index contributed by atoms with van der Waals surface area (Å²) in [7, 11) is 0. The van der Waals surface area contributed by atoms with Crippen LogP contribution in [0.25, 0.3) is 0 Å². The Kier molecular flexibility index (Phi) is 6.21. The van der Waals surface area contributed by atoms with Gasteiger partial charge in [-0.1, -0.05) is 80.8 Å². The van der Waals surface area contributed by atoms with E-state index >= 15 is 0 Å². The molecule has 1 nitrogen and oxygen atoms in total. The highest BCUT2D eigenvalue weighted by Gasteiger charge is 2.10. The summed E-state index contributed by atoms with van der Waals surface area (Å²) in [6.45, 7) is 2.19. The predicted octanol–water partition coefficient (Wildman–Crippen LogP) is 5.43. The fourth-order valence-corrected chi connectivity index (χ4v) is 2.61. The van der Waals surface area contributed by atoms with Gasteiger partial charge in [0, 0.05) is 12.0 Å². The molecule has 0 unspecified atom stereocenters. The zero-order valence-corrected chi connectivity index (χ0v) is 12.8. The van der Waals surface area contributed by atoms with Crippen molar-refractivity contribution in [1.82, 2.24) is 0 Å². The molecule has 2 rings (SSSR count). The van der Waals surface area contributed by atoms with Crippen LogP contribution >= 0.6 is 0 Å². The van der Waals surface area contributed by atoms with Gasteiger partial charge in [0.15, 0.2) is 5.78 Å². The maximum atomic E-state index is 12.4. The molecule has 1 heteroatoms. The summed E-state index contributed by atoms with van der Waals surface area (Å²) in [5.74, 6) is 0.289. The van der Waals surface area contributed by atoms with Crippen molar-refractivity contribution in [3.05, 3.63) is 71.3 Å². The molecule has 0 amide bonds. The largest absolute Gasteiger partial charge is 0.294 e. The average Bonchev–Trinajstić information content (AvgIpc) is 2.53. The third-order valence-corrected chi connectivity index (χ3v) is 3.81. The summed E-state index contributed by atoms with van der Waals surface area (Å²) < 4.78 is 0. The normalized spacial score (nSPS) is 10.5. The zero-order chi connectivity index (χ0) is 14.9. The fourth-order valence-electron chi connectivity index (χ4n) is 2.61. The molecule has 0 aromatic heterocycles. The van der Waals surface area contributed by atoms with Gasteiger partial charge in [0.1, 0.15) is 0 Å². The van der Waals surface area contributed by atoms with Crippen LogP contribution in [0.3, 0.4) is 0 Å². The number of carbonyl (C=O) groups is 1. The van der Waals surface area contributed by atoms with Gasteiger partial charge in [-0.05, 0) is 24.0 Å². The SMILES string of the molecule is CCCCCCC(=O)c1ccccc1Cc1ccccc1. The van der Waals surface area contributed by atoms with E-state index in [1.54, 1.807) is 0 Å². The van der Waals surface area contributed by atoms with Crippen molar-refractivity contribution in [2.45, 2.75) is 45.4 Å². The van der Waals surface area contributed by atoms with Gasteiger partial charge in [-0.2, -0.15) is 0 Å². The standard InChI is InChI=1S/C20H24O/c1-2-3-4-8-15-20(21)19-14-10-9-13-18(19)16-17-11-6-5-7-12-17/h5-7,9-14H,2-4,8,15-16H2,1H3. The predicted molar refractivity (Wildman–Crippen MR) is 88.8 cm³/mol. The molecule has 0 saturated heterocycles. The van der Waals surface area contributed by atoms with E-state index in [1.165, 1.54) is 18.4 Å². The first kappa shape index (κ1) is 15.5. The minimum absolute atomic E-state index is 0.289. The van der Waals surface area contributed by atoms with Crippen LogP contribution in [0.15, 0.2) is 54.6 Å². The number of Topliss-reactive ketones (excluding diaryl/α,β-unsaturated/α-hetero) is 1. The number of hydrogen-bond donors (Lipinski definition) is 0. The molecule has 0 aliphatic carbocycles. The second-order valence-electron chi connectivity index (χ2n) is 5.55. The molecule has 0 spiro atoms. The van der Waals surface area contributed by atoms with E-state index < -0.39 is 0 Å². The quantitative estimate of drug-likeness (QED) is 0.465. The lowest BCUT2D eigenvalue weighted by Gasteiger charge is -2.09. The van der Waals surface area contributed by atoms with E-state index in [2.05, 4.69) is 25.1 Å². The molecule has 110 valence electrons. The molecule has 0 fully saturated rings. The minimum atomic E-state index is 0.289. The number of unbranched alkanes of at least 4 members (excludes halogenated alkanes) is 3. The summed E-state index contributed by atoms with van der Waals surface area (Å²) in [5, 5.41) is 0. The Bertz CT molecular complexity index is 557. The van der Waals surface area contributed by atoms with Crippen molar-refractivity contribution in [2.24, 2.45) is 0 Å². The lowest BCUT2D eigenvalue weighted by Crippen LogP contribution is -2.04. The van der Waals surface area contributed by atoms with Crippen molar-refractivity contribution < 1.29 is 4.79 Å². The van der Waals surface area contributed by atoms with Crippen molar-refractivity contribution >= 4 is 5.78 Å². The maximum absolute atomic E-state index is 12.4. The Morgan fingerprint density at radius 1 is 0.857 bits per heavy atom. The summed E-state index contributed by atoms with van der Waals surface area (Å²) in [5.41, 5.74) is 3.30. The van der Waals surface area contributed by atoms with Gasteiger partial charge in [0.2, 0.25) is 0 Å². The Morgan fingerprint density at radius 3 is 2.33 bits per heavy atom. The van der Waals surface area contributed by atoms with Crippen molar-refractivity contribution in [3.63, 3.8) is 0 Å². The maximum Gasteiger partial charge on any atom is 0.163 e. The molecule has 0 heterocycles. The minimum Gasteiger partial charge on any atom is -0.294 e. The van der Waals surface area contributed by atoms with Crippen LogP contribution < -0.4 is 0 Å². The van der Waals surface area contributed by atoms with Gasteiger partial charge in [0.05, 0.1) is 0 Å². The lowest BCUT2D eigenvalue weighted by molar-refractivity contribution is 0.0978. The molecular weight excluding hydrogens is 256 g/mol. The highest BCUT2D eigenvalue weighted by Crippen LogP contribution is 2.17. The molecule has 0 aliphatic heterocycles. The van der Waals surface area contributed by atoms with Crippen LogP contribution in [0.1, 0.15) is 60.5 Å². The number of carbonyl (C=O) groups excluding carboxylic acids is 1. The van der Waals surface area contributed by atoms with E-state index in [4.69, 9.17) is 0 Å². The number of ketones is 1. The van der Waals surface area contributed by atoms with Crippen LogP contribution in [-0.4, -0.2) is 5.78 Å². The Balaban J connectivity index is 2.04. The molecule has 0 bridgehead atoms. The van der Waals surface area contributed by atoms with Gasteiger partial charge in [-0.15, -0.1) is 0 Å². The van der Waals surface area contributed by atoms with Crippen LogP contribution in [0.5, 0.6) is 0 Å². The smallest absolute Gasteiger partial charge is 0.163 e. The molecule has 0 radical (unpaired) electrons. The first-order valence-electron chi connectivity index (χ1n) is 7.96. The van der Waals surface area contributed by atoms with E-state index in [-0.39, 0.29) is 5.78 Å². The summed E-state index contributed by atoms with van der Waals surface area (Å²) >= 11 is 0. The second-order valence-corrected chi connectivity index (χ2v) is 5.55. The Labute approximate surface area is 128 Å². The third kappa shape index (κ3) is 4.86. The lowest BCUT2D eigenvalue weighted by atomic mass is 9.95. The van der Waals surface area contributed by atoms with Gasteiger partial charge in [-0.25, -0.2) is 0 Å². The Hall–Kier alpha value is -1.89. The first-order chi connectivity index (χ1) is 10.3. The molecule has 21 heavy (non-hydrogen) atoms. The topological polar surface area (TPSA) is 17.1 Å². The summed E-state index contributed by atoms with van der Waals surface area (Å²) in [6.07, 6.45) is 6.09. The monoisotopic (exact) mass is 280 g/mol. The molecule has 0 N–H and O–H groups in total. The van der Waals surface area contributed by atoms with E-state index in [9.17, 15) is 4.79 Å². The van der Waals surface area contributed by atoms with Gasteiger partial charge in [0.25, 0.3) is 0 Å². The number of hydrogen-bond acceptors (Lipinski definition) is 1. The zero-order valence-electron chi connectivity index (χ0n) is 12.8. The molecule has 2 aromatic rings. The highest BCUT2D eigenvalue weighted by molar-refractivity contribution is 5.97. The second kappa shape index (κ2) is 8.41. The summed E-state index contributed by atoms with van der Waals surface area (Å²) in [4.78, 5) is 12.4. The first-order valence-corrected chi connectivity index (χ1v) is 7.96. The highest BCUT2D eigenvalue weighted by atomic mass is 16.1. The average molecular weight is 280 g/mol. The number of benzene rings is 2. The Morgan fingerprint density at radius 2 is 1.57 bits per heavy atom. The van der Waals surface area contributed by atoms with E-state index in [0.29, 0.717) is 6.42 Å². The molecule has 0 saturated carbocycles. The van der Waals surface area contributed by atoms with Gasteiger partial charge < -0.3 is 0 Å². The molecule has 2 aromatic carbocycles. The van der Waals surface area contributed by atoms with Crippen molar-refractivity contribution in [1.29, 1.82) is 0 Å². The third-order valence-electron chi connectivity index (χ3n) is 3.81. The van der Waals surface area contributed by atoms with Crippen LogP contribution in [0, 0.1) is 0 Å². The van der Waals surface area contributed by atoms with E-state index in [0.717, 1.165) is 30.4 Å². The fraction of sp³-hybridized carbons (Fsp3) is 0.350. The van der Waals surface area contributed by atoms with Crippen LogP contribution in [0.4, 0.5) is 0 Å². The van der Waals surface area contributed by atoms with Gasteiger partial charge >= 0.3 is 0 Å². The van der Waals surface area contributed by atoms with Gasteiger partial charge in [-0.3, -0.25) is 4.79 Å². The van der Waals surface area contributed by atoms with Crippen molar-refractivity contribution in [2.75, 3.05) is 0 Å². The molecular formula is C20H24O. The van der Waals surface area contributed by atoms with Crippen LogP contribution in [0.2, 0.25) is 0 Å². The summed E-state index contributed by atoms with van der Waals surface area (Å²) in [6, 6.07) is 18.4. The van der Waals surface area contributed by atoms with Crippen molar-refractivity contribution in [3.8, 4) is 0 Å². The number of rotatable bonds is 8. The molecule has 0 atom stereocenters.